The van der Waals surface area contributed by atoms with Gasteiger partial charge in [0.15, 0.2) is 0 Å². The lowest BCUT2D eigenvalue weighted by molar-refractivity contribution is 0.203. The molecule has 1 aliphatic rings. The normalized spacial score (nSPS) is 18.2. The van der Waals surface area contributed by atoms with E-state index in [-0.39, 0.29) is 12.1 Å². The van der Waals surface area contributed by atoms with Gasteiger partial charge in [0.2, 0.25) is 0 Å². The topological polar surface area (TPSA) is 71.6 Å². The van der Waals surface area contributed by atoms with E-state index in [2.05, 4.69) is 9.98 Å². The first kappa shape index (κ1) is 12.3. The molecule has 0 saturated carbocycles. The molecule has 0 spiro atoms. The first-order valence-electron chi connectivity index (χ1n) is 6.34. The van der Waals surface area contributed by atoms with Gasteiger partial charge in [-0.3, -0.25) is 4.98 Å². The monoisotopic (exact) mass is 266 g/mol. The van der Waals surface area contributed by atoms with Crippen LogP contribution in [0.15, 0.2) is 59.9 Å². The Balaban J connectivity index is 1.91. The Morgan fingerprint density at radius 3 is 2.65 bits per heavy atom. The molecule has 2 heterocycles. The molecule has 0 saturated heterocycles. The minimum atomic E-state index is -0.337. The maximum absolute atomic E-state index is 12.0. The Morgan fingerprint density at radius 2 is 1.95 bits per heavy atom. The van der Waals surface area contributed by atoms with Crippen molar-refractivity contribution in [1.29, 1.82) is 0 Å². The van der Waals surface area contributed by atoms with Crippen LogP contribution in [0.25, 0.3) is 0 Å². The third-order valence-electron chi connectivity index (χ3n) is 3.26. The second-order valence-electron chi connectivity index (χ2n) is 4.62. The molecule has 3 rings (SSSR count). The fourth-order valence-corrected chi connectivity index (χ4v) is 2.33. The summed E-state index contributed by atoms with van der Waals surface area (Å²) >= 11 is 0. The second-order valence-corrected chi connectivity index (χ2v) is 4.62. The lowest BCUT2D eigenvalue weighted by Gasteiger charge is -2.24. The molecule has 1 atom stereocenters. The smallest absolute Gasteiger partial charge is 0.346 e. The van der Waals surface area contributed by atoms with Crippen LogP contribution in [-0.4, -0.2) is 21.8 Å². The van der Waals surface area contributed by atoms with Gasteiger partial charge in [-0.25, -0.2) is 4.79 Å². The van der Waals surface area contributed by atoms with Crippen molar-refractivity contribution in [2.24, 2.45) is 10.7 Å². The number of hydrogen-bond donors (Lipinski definition) is 1. The van der Waals surface area contributed by atoms with Crippen LogP contribution in [0.5, 0.6) is 0 Å². The summed E-state index contributed by atoms with van der Waals surface area (Å²) < 4.78 is 0. The molecule has 1 aromatic carbocycles. The highest BCUT2D eigenvalue weighted by Gasteiger charge is 2.34. The minimum absolute atomic E-state index is 0.305. The van der Waals surface area contributed by atoms with E-state index in [4.69, 9.17) is 5.73 Å². The van der Waals surface area contributed by atoms with Crippen LogP contribution in [0.3, 0.4) is 0 Å². The Labute approximate surface area is 116 Å². The highest BCUT2D eigenvalue weighted by atomic mass is 16.2. The van der Waals surface area contributed by atoms with E-state index in [0.29, 0.717) is 12.4 Å². The molecule has 2 aromatic rings. The molecule has 2 N–H and O–H groups in total. The fraction of sp³-hybridized carbons (Fsp3) is 0.133. The molecule has 5 nitrogen and oxygen atoms in total. The zero-order valence-electron chi connectivity index (χ0n) is 10.8. The number of benzene rings is 1. The first-order chi connectivity index (χ1) is 9.75. The summed E-state index contributed by atoms with van der Waals surface area (Å²) in [6.45, 7) is 0.476. The zero-order valence-corrected chi connectivity index (χ0v) is 10.8. The van der Waals surface area contributed by atoms with Crippen molar-refractivity contribution in [1.82, 2.24) is 9.88 Å². The first-order valence-corrected chi connectivity index (χ1v) is 6.34. The predicted octanol–water partition coefficient (Wildman–Crippen LogP) is 2.12. The van der Waals surface area contributed by atoms with E-state index in [0.717, 1.165) is 11.1 Å². The van der Waals surface area contributed by atoms with Crippen LogP contribution in [0.1, 0.15) is 17.2 Å². The number of hydrogen-bond acceptors (Lipinski definition) is 3. The quantitative estimate of drug-likeness (QED) is 0.924. The number of nitrogens with zero attached hydrogens (tertiary/aromatic N) is 3. The van der Waals surface area contributed by atoms with Crippen molar-refractivity contribution in [3.63, 3.8) is 0 Å². The number of pyridine rings is 1. The summed E-state index contributed by atoms with van der Waals surface area (Å²) in [7, 11) is 0. The van der Waals surface area contributed by atoms with Gasteiger partial charge in [-0.1, -0.05) is 36.4 Å². The van der Waals surface area contributed by atoms with E-state index in [1.165, 1.54) is 0 Å². The number of carbonyl (C=O) groups excluding carboxylic acids is 1. The van der Waals surface area contributed by atoms with Crippen molar-refractivity contribution in [3.8, 4) is 0 Å². The van der Waals surface area contributed by atoms with E-state index >= 15 is 0 Å². The van der Waals surface area contributed by atoms with Crippen molar-refractivity contribution in [3.05, 3.63) is 66.0 Å². The van der Waals surface area contributed by atoms with Crippen molar-refractivity contribution in [2.45, 2.75) is 12.6 Å². The van der Waals surface area contributed by atoms with Gasteiger partial charge in [0.25, 0.3) is 0 Å². The van der Waals surface area contributed by atoms with Crippen LogP contribution >= 0.6 is 0 Å². The van der Waals surface area contributed by atoms with Crippen molar-refractivity contribution < 1.29 is 4.79 Å². The summed E-state index contributed by atoms with van der Waals surface area (Å²) in [6, 6.07) is 12.9. The number of amides is 2. The average molecular weight is 266 g/mol. The van der Waals surface area contributed by atoms with Gasteiger partial charge in [0.05, 0.1) is 0 Å². The summed E-state index contributed by atoms with van der Waals surface area (Å²) in [5.41, 5.74) is 7.82. The molecular weight excluding hydrogens is 252 g/mol. The van der Waals surface area contributed by atoms with Gasteiger partial charge < -0.3 is 10.6 Å². The third-order valence-corrected chi connectivity index (χ3v) is 3.26. The maximum Gasteiger partial charge on any atom is 0.346 e. The molecule has 1 aromatic heterocycles. The van der Waals surface area contributed by atoms with Crippen LogP contribution in [0.4, 0.5) is 4.79 Å². The zero-order chi connectivity index (χ0) is 13.9. The predicted molar refractivity (Wildman–Crippen MR) is 76.0 cm³/mol. The van der Waals surface area contributed by atoms with E-state index < -0.39 is 0 Å². The molecule has 0 bridgehead atoms. The number of nitrogens with two attached hydrogens (primary N) is 1. The summed E-state index contributed by atoms with van der Waals surface area (Å²) in [5.74, 6) is 0.318. The molecule has 2 amide bonds. The molecule has 100 valence electrons. The van der Waals surface area contributed by atoms with E-state index in [9.17, 15) is 4.79 Å². The number of aliphatic imine (C=N–C) groups is 1. The van der Waals surface area contributed by atoms with Gasteiger partial charge in [0, 0.05) is 24.5 Å². The standard InChI is InChI=1S/C15H14N4O/c16-14-13(12-7-4-8-17-9-12)19(15(20)18-14)10-11-5-2-1-3-6-11/h1-9,13H,10H2,(H2,16,18,20). The number of rotatable bonds is 3. The molecule has 0 radical (unpaired) electrons. The largest absolute Gasteiger partial charge is 0.385 e. The van der Waals surface area contributed by atoms with Crippen LogP contribution in [-0.2, 0) is 6.54 Å². The summed E-state index contributed by atoms with van der Waals surface area (Å²) in [4.78, 5) is 21.6. The molecule has 20 heavy (non-hydrogen) atoms. The highest BCUT2D eigenvalue weighted by molar-refractivity contribution is 6.03. The van der Waals surface area contributed by atoms with Crippen LogP contribution in [0.2, 0.25) is 0 Å². The van der Waals surface area contributed by atoms with Gasteiger partial charge >= 0.3 is 6.03 Å². The van der Waals surface area contributed by atoms with Gasteiger partial charge in [-0.15, -0.1) is 0 Å². The number of carbonyl (C=O) groups is 1. The molecular formula is C15H14N4O. The van der Waals surface area contributed by atoms with E-state index in [1.807, 2.05) is 42.5 Å². The lowest BCUT2D eigenvalue weighted by atomic mass is 10.1. The molecule has 1 unspecified atom stereocenters. The van der Waals surface area contributed by atoms with E-state index in [1.54, 1.807) is 17.3 Å². The van der Waals surface area contributed by atoms with Gasteiger partial charge in [-0.2, -0.15) is 4.99 Å². The number of urea groups is 1. The van der Waals surface area contributed by atoms with Crippen LogP contribution in [0, 0.1) is 0 Å². The highest BCUT2D eigenvalue weighted by Crippen LogP contribution is 2.27. The fourth-order valence-electron chi connectivity index (χ4n) is 2.33. The van der Waals surface area contributed by atoms with Gasteiger partial charge in [-0.05, 0) is 11.6 Å². The Bertz CT molecular complexity index is 639. The summed E-state index contributed by atoms with van der Waals surface area (Å²) in [6.07, 6.45) is 3.40. The second kappa shape index (κ2) is 5.13. The molecule has 0 aliphatic carbocycles. The third kappa shape index (κ3) is 2.25. The molecule has 1 aliphatic heterocycles. The van der Waals surface area contributed by atoms with Crippen LogP contribution < -0.4 is 5.73 Å². The Morgan fingerprint density at radius 1 is 1.15 bits per heavy atom. The minimum Gasteiger partial charge on any atom is -0.385 e. The van der Waals surface area contributed by atoms with Gasteiger partial charge in [0.1, 0.15) is 11.9 Å². The Kier molecular flexibility index (Phi) is 3.16. The Hall–Kier alpha value is -2.69. The molecule has 5 heteroatoms. The van der Waals surface area contributed by atoms with Crippen molar-refractivity contribution >= 4 is 11.9 Å². The average Bonchev–Trinajstić information content (AvgIpc) is 2.75. The molecule has 0 fully saturated rings. The summed E-state index contributed by atoms with van der Waals surface area (Å²) in [5, 5.41) is 0. The van der Waals surface area contributed by atoms with Crippen molar-refractivity contribution in [2.75, 3.05) is 0 Å². The number of aromatic nitrogens is 1. The maximum atomic E-state index is 12.0. The lowest BCUT2D eigenvalue weighted by Crippen LogP contribution is -2.33. The number of amidine groups is 1. The SMILES string of the molecule is NC1=NC(=O)N(Cc2ccccc2)C1c1cccnc1.